The van der Waals surface area contributed by atoms with Crippen LogP contribution in [0.15, 0.2) is 18.3 Å². The van der Waals surface area contributed by atoms with Crippen molar-refractivity contribution in [2.75, 3.05) is 18.4 Å². The second-order valence-electron chi connectivity index (χ2n) is 3.55. The van der Waals surface area contributed by atoms with Gasteiger partial charge < -0.3 is 15.7 Å². The Hall–Kier alpha value is -1.33. The van der Waals surface area contributed by atoms with E-state index in [2.05, 4.69) is 15.6 Å². The predicted molar refractivity (Wildman–Crippen MR) is 62.8 cm³/mol. The summed E-state index contributed by atoms with van der Waals surface area (Å²) in [6.45, 7) is 1.56. The molecule has 16 heavy (non-hydrogen) atoms. The molecule has 5 nitrogen and oxygen atoms in total. The smallest absolute Gasteiger partial charge is 0.230 e. The Kier molecular flexibility index (Phi) is 4.52. The topological polar surface area (TPSA) is 74.2 Å². The number of carbonyl (C=O) groups is 1. The van der Waals surface area contributed by atoms with Crippen LogP contribution in [0.25, 0.3) is 0 Å². The molecule has 1 aliphatic rings. The molecular formula is C10H14ClN3O2. The lowest BCUT2D eigenvalue weighted by Gasteiger charge is -2.09. The second kappa shape index (κ2) is 5.67. The highest BCUT2D eigenvalue weighted by molar-refractivity contribution is 5.93. The molecule has 0 spiro atoms. The van der Waals surface area contributed by atoms with E-state index in [1.54, 1.807) is 6.07 Å². The molecule has 1 saturated heterocycles. The first kappa shape index (κ1) is 12.7. The number of amides is 1. The van der Waals surface area contributed by atoms with Crippen molar-refractivity contribution in [2.45, 2.75) is 6.42 Å². The number of carbonyl (C=O) groups excluding carboxylic acids is 1. The lowest BCUT2D eigenvalue weighted by atomic mass is 10.1. The number of aromatic nitrogens is 1. The largest absolute Gasteiger partial charge is 0.504 e. The molecule has 0 aliphatic carbocycles. The van der Waals surface area contributed by atoms with Crippen LogP contribution in [0.2, 0.25) is 0 Å². The van der Waals surface area contributed by atoms with E-state index in [1.807, 2.05) is 0 Å². The first-order valence-electron chi connectivity index (χ1n) is 4.93. The molecule has 3 N–H and O–H groups in total. The van der Waals surface area contributed by atoms with E-state index >= 15 is 0 Å². The molecule has 0 bridgehead atoms. The van der Waals surface area contributed by atoms with Crippen LogP contribution >= 0.6 is 12.4 Å². The minimum absolute atomic E-state index is 0. The summed E-state index contributed by atoms with van der Waals surface area (Å²) in [6.07, 6.45) is 2.36. The molecule has 2 rings (SSSR count). The first-order valence-corrected chi connectivity index (χ1v) is 4.93. The summed E-state index contributed by atoms with van der Waals surface area (Å²) in [6, 6.07) is 3.11. The molecule has 0 saturated carbocycles. The van der Waals surface area contributed by atoms with Gasteiger partial charge in [-0.2, -0.15) is 0 Å². The highest BCUT2D eigenvalue weighted by Gasteiger charge is 2.23. The number of hydrogen-bond acceptors (Lipinski definition) is 4. The third-order valence-electron chi connectivity index (χ3n) is 2.46. The van der Waals surface area contributed by atoms with Gasteiger partial charge in [0.2, 0.25) is 5.91 Å². The minimum atomic E-state index is -0.0889. The monoisotopic (exact) mass is 243 g/mol. The maximum atomic E-state index is 11.7. The van der Waals surface area contributed by atoms with Gasteiger partial charge in [0.25, 0.3) is 0 Å². The Morgan fingerprint density at radius 3 is 3.06 bits per heavy atom. The molecule has 6 heteroatoms. The van der Waals surface area contributed by atoms with Crippen molar-refractivity contribution in [3.05, 3.63) is 18.3 Å². The van der Waals surface area contributed by atoms with Crippen molar-refractivity contribution in [2.24, 2.45) is 5.92 Å². The Labute approximate surface area is 99.7 Å². The number of nitrogens with one attached hydrogen (secondary N) is 2. The second-order valence-corrected chi connectivity index (χ2v) is 3.55. The van der Waals surface area contributed by atoms with Gasteiger partial charge in [-0.15, -0.1) is 12.4 Å². The number of nitrogens with zero attached hydrogens (tertiary/aromatic N) is 1. The van der Waals surface area contributed by atoms with E-state index in [9.17, 15) is 9.90 Å². The summed E-state index contributed by atoms with van der Waals surface area (Å²) < 4.78 is 0. The van der Waals surface area contributed by atoms with Crippen LogP contribution in [-0.4, -0.2) is 29.1 Å². The summed E-state index contributed by atoms with van der Waals surface area (Å²) in [4.78, 5) is 15.6. The Morgan fingerprint density at radius 1 is 1.62 bits per heavy atom. The zero-order chi connectivity index (χ0) is 10.7. The van der Waals surface area contributed by atoms with Crippen LogP contribution < -0.4 is 10.6 Å². The van der Waals surface area contributed by atoms with Gasteiger partial charge in [0, 0.05) is 12.7 Å². The predicted octanol–water partition coefficient (Wildman–Crippen LogP) is 0.757. The minimum Gasteiger partial charge on any atom is -0.504 e. The lowest BCUT2D eigenvalue weighted by Crippen LogP contribution is -2.25. The van der Waals surface area contributed by atoms with Gasteiger partial charge in [-0.1, -0.05) is 0 Å². The molecule has 2 heterocycles. The Balaban J connectivity index is 0.00000128. The highest BCUT2D eigenvalue weighted by Crippen LogP contribution is 2.19. The van der Waals surface area contributed by atoms with E-state index in [1.165, 1.54) is 12.3 Å². The van der Waals surface area contributed by atoms with Gasteiger partial charge in [-0.3, -0.25) is 4.79 Å². The summed E-state index contributed by atoms with van der Waals surface area (Å²) >= 11 is 0. The van der Waals surface area contributed by atoms with Crippen LogP contribution in [0.1, 0.15) is 6.42 Å². The zero-order valence-corrected chi connectivity index (χ0v) is 9.46. The third kappa shape index (κ3) is 2.84. The molecule has 0 unspecified atom stereocenters. The van der Waals surface area contributed by atoms with Crippen molar-refractivity contribution in [1.82, 2.24) is 10.3 Å². The standard InChI is InChI=1S/C10H13N3O2.ClH/c14-8-2-1-4-12-9(8)13-10(15)7-3-5-11-6-7;/h1-2,4,7,11,14H,3,5-6H2,(H,12,13,15);1H/t7-;/m1./s1. The number of aromatic hydroxyl groups is 1. The quantitative estimate of drug-likeness (QED) is 0.717. The van der Waals surface area contributed by atoms with Crippen molar-refractivity contribution in [1.29, 1.82) is 0 Å². The Morgan fingerprint density at radius 2 is 2.44 bits per heavy atom. The number of anilines is 1. The number of hydrogen-bond donors (Lipinski definition) is 3. The third-order valence-corrected chi connectivity index (χ3v) is 2.46. The van der Waals surface area contributed by atoms with Crippen LogP contribution in [0.4, 0.5) is 5.82 Å². The molecule has 88 valence electrons. The SMILES string of the molecule is Cl.O=C(Nc1ncccc1O)[C@@H]1CCNC1. The molecular weight excluding hydrogens is 230 g/mol. The van der Waals surface area contributed by atoms with E-state index in [-0.39, 0.29) is 35.8 Å². The highest BCUT2D eigenvalue weighted by atomic mass is 35.5. The summed E-state index contributed by atoms with van der Waals surface area (Å²) in [5.74, 6) is 0.117. The normalized spacial score (nSPS) is 18.9. The molecule has 1 fully saturated rings. The van der Waals surface area contributed by atoms with E-state index < -0.39 is 0 Å². The van der Waals surface area contributed by atoms with E-state index in [0.29, 0.717) is 6.54 Å². The van der Waals surface area contributed by atoms with Gasteiger partial charge >= 0.3 is 0 Å². The molecule has 1 atom stereocenters. The number of pyridine rings is 1. The van der Waals surface area contributed by atoms with Gasteiger partial charge in [0.1, 0.15) is 0 Å². The fraction of sp³-hybridized carbons (Fsp3) is 0.400. The fourth-order valence-corrected chi connectivity index (χ4v) is 1.59. The van der Waals surface area contributed by atoms with Crippen molar-refractivity contribution in [3.63, 3.8) is 0 Å². The van der Waals surface area contributed by atoms with Gasteiger partial charge in [-0.25, -0.2) is 4.98 Å². The van der Waals surface area contributed by atoms with Gasteiger partial charge in [0.15, 0.2) is 11.6 Å². The van der Waals surface area contributed by atoms with Gasteiger partial charge in [-0.05, 0) is 25.1 Å². The van der Waals surface area contributed by atoms with Gasteiger partial charge in [0.05, 0.1) is 5.92 Å². The molecule has 1 aromatic heterocycles. The first-order chi connectivity index (χ1) is 7.27. The molecule has 0 radical (unpaired) electrons. The molecule has 1 aliphatic heterocycles. The fourth-order valence-electron chi connectivity index (χ4n) is 1.59. The van der Waals surface area contributed by atoms with Crippen molar-refractivity contribution >= 4 is 24.1 Å². The summed E-state index contributed by atoms with van der Waals surface area (Å²) in [5.41, 5.74) is 0. The average molecular weight is 244 g/mol. The van der Waals surface area contributed by atoms with Crippen LogP contribution in [0.3, 0.4) is 0 Å². The lowest BCUT2D eigenvalue weighted by molar-refractivity contribution is -0.119. The molecule has 0 aromatic carbocycles. The molecule has 1 aromatic rings. The molecule has 1 amide bonds. The summed E-state index contributed by atoms with van der Waals surface area (Å²) in [5, 5.41) is 15.1. The van der Waals surface area contributed by atoms with Crippen LogP contribution in [0.5, 0.6) is 5.75 Å². The van der Waals surface area contributed by atoms with E-state index in [0.717, 1.165) is 13.0 Å². The number of halogens is 1. The summed E-state index contributed by atoms with van der Waals surface area (Å²) in [7, 11) is 0. The van der Waals surface area contributed by atoms with Crippen LogP contribution in [0, 0.1) is 5.92 Å². The van der Waals surface area contributed by atoms with E-state index in [4.69, 9.17) is 0 Å². The van der Waals surface area contributed by atoms with Crippen LogP contribution in [-0.2, 0) is 4.79 Å². The average Bonchev–Trinajstić information content (AvgIpc) is 2.74. The maximum Gasteiger partial charge on any atom is 0.230 e. The number of rotatable bonds is 2. The van der Waals surface area contributed by atoms with Crippen molar-refractivity contribution < 1.29 is 9.90 Å². The van der Waals surface area contributed by atoms with Crippen molar-refractivity contribution in [3.8, 4) is 5.75 Å². The zero-order valence-electron chi connectivity index (χ0n) is 8.64. The maximum absolute atomic E-state index is 11.7. The Bertz CT molecular complexity index is 367.